The molecule has 0 radical (unpaired) electrons. The van der Waals surface area contributed by atoms with Gasteiger partial charge in [-0.25, -0.2) is 0 Å². The first kappa shape index (κ1) is 24.5. The van der Waals surface area contributed by atoms with Crippen LogP contribution in [0, 0.1) is 13.8 Å². The van der Waals surface area contributed by atoms with Gasteiger partial charge in [-0.1, -0.05) is 17.7 Å². The van der Waals surface area contributed by atoms with E-state index in [0.717, 1.165) is 11.1 Å². The Labute approximate surface area is 204 Å². The van der Waals surface area contributed by atoms with E-state index in [2.05, 4.69) is 10.6 Å². The van der Waals surface area contributed by atoms with E-state index in [1.165, 1.54) is 11.2 Å². The number of piperazine rings is 2. The quantitative estimate of drug-likeness (QED) is 0.637. The molecule has 2 aliphatic heterocycles. The molecule has 2 fully saturated rings. The molecule has 2 aliphatic rings. The van der Waals surface area contributed by atoms with Gasteiger partial charge >= 0.3 is 0 Å². The number of hydrogen-bond acceptors (Lipinski definition) is 6. The maximum Gasteiger partial charge on any atom is 0.289 e. The Hall–Kier alpha value is -3.66. The molecule has 3 heterocycles. The number of nitrogens with zero attached hydrogens (tertiary/aromatic N) is 3. The summed E-state index contributed by atoms with van der Waals surface area (Å²) in [6.07, 6.45) is 1.35. The lowest BCUT2D eigenvalue weighted by Gasteiger charge is -2.38. The summed E-state index contributed by atoms with van der Waals surface area (Å²) >= 11 is 0. The number of nitrogens with one attached hydrogen (secondary N) is 2. The lowest BCUT2D eigenvalue weighted by atomic mass is 10.1. The molecule has 0 unspecified atom stereocenters. The molecular formula is C25H31N5O5. The topological polar surface area (TPSA) is 115 Å². The number of carbonyl (C=O) groups is 4. The third-order valence-corrected chi connectivity index (χ3v) is 6.44. The smallest absolute Gasteiger partial charge is 0.289 e. The minimum atomic E-state index is -0.858. The SMILES string of the molecule is Cc1ccc(NC(=O)C[C@H]2C(=O)NCCN2C(=O)CN2CCN(C(=O)c3ccco3)CC2)c(C)c1. The molecule has 4 amide bonds. The molecule has 1 aromatic heterocycles. The van der Waals surface area contributed by atoms with Crippen LogP contribution in [0.4, 0.5) is 5.69 Å². The van der Waals surface area contributed by atoms with Gasteiger partial charge in [0.1, 0.15) is 6.04 Å². The summed E-state index contributed by atoms with van der Waals surface area (Å²) in [5.74, 6) is -0.703. The molecule has 1 atom stereocenters. The summed E-state index contributed by atoms with van der Waals surface area (Å²) in [6, 6.07) is 8.17. The van der Waals surface area contributed by atoms with E-state index >= 15 is 0 Å². The lowest BCUT2D eigenvalue weighted by Crippen LogP contribution is -2.60. The highest BCUT2D eigenvalue weighted by atomic mass is 16.3. The molecule has 4 rings (SSSR count). The third kappa shape index (κ3) is 5.89. The fourth-order valence-corrected chi connectivity index (χ4v) is 4.49. The fourth-order valence-electron chi connectivity index (χ4n) is 4.49. The molecule has 0 spiro atoms. The van der Waals surface area contributed by atoms with Crippen LogP contribution in [0.5, 0.6) is 0 Å². The Bertz CT molecular complexity index is 1090. The molecule has 186 valence electrons. The van der Waals surface area contributed by atoms with Gasteiger partial charge in [-0.3, -0.25) is 24.1 Å². The number of amides is 4. The van der Waals surface area contributed by atoms with E-state index in [-0.39, 0.29) is 36.6 Å². The Kier molecular flexibility index (Phi) is 7.50. The van der Waals surface area contributed by atoms with Gasteiger partial charge in [0.15, 0.2) is 5.76 Å². The van der Waals surface area contributed by atoms with Crippen molar-refractivity contribution in [1.82, 2.24) is 20.0 Å². The van der Waals surface area contributed by atoms with Crippen molar-refractivity contribution in [2.45, 2.75) is 26.3 Å². The molecule has 2 aromatic rings. The van der Waals surface area contributed by atoms with E-state index in [4.69, 9.17) is 4.42 Å². The van der Waals surface area contributed by atoms with Gasteiger partial charge in [0.05, 0.1) is 19.2 Å². The Morgan fingerprint density at radius 2 is 1.86 bits per heavy atom. The largest absolute Gasteiger partial charge is 0.459 e. The molecule has 0 bridgehead atoms. The molecule has 2 N–H and O–H groups in total. The highest BCUT2D eigenvalue weighted by molar-refractivity contribution is 5.98. The zero-order valence-corrected chi connectivity index (χ0v) is 20.1. The summed E-state index contributed by atoms with van der Waals surface area (Å²) in [7, 11) is 0. The molecule has 2 saturated heterocycles. The highest BCUT2D eigenvalue weighted by Crippen LogP contribution is 2.18. The van der Waals surface area contributed by atoms with Crippen LogP contribution in [0.3, 0.4) is 0 Å². The number of anilines is 1. The number of hydrogen-bond donors (Lipinski definition) is 2. The normalized spacial score (nSPS) is 18.8. The van der Waals surface area contributed by atoms with Crippen molar-refractivity contribution in [2.24, 2.45) is 0 Å². The summed E-state index contributed by atoms with van der Waals surface area (Å²) < 4.78 is 5.19. The summed E-state index contributed by atoms with van der Waals surface area (Å²) in [4.78, 5) is 56.1. The van der Waals surface area contributed by atoms with Crippen molar-refractivity contribution >= 4 is 29.3 Å². The van der Waals surface area contributed by atoms with Crippen LogP contribution in [0.1, 0.15) is 28.1 Å². The van der Waals surface area contributed by atoms with Crippen LogP contribution in [-0.4, -0.2) is 90.2 Å². The first-order valence-corrected chi connectivity index (χ1v) is 11.8. The lowest BCUT2D eigenvalue weighted by molar-refractivity contribution is -0.145. The van der Waals surface area contributed by atoms with Gasteiger partial charge < -0.3 is 24.9 Å². The van der Waals surface area contributed by atoms with Crippen LogP contribution in [-0.2, 0) is 14.4 Å². The van der Waals surface area contributed by atoms with Gasteiger partial charge in [-0.05, 0) is 37.6 Å². The van der Waals surface area contributed by atoms with Crippen LogP contribution >= 0.6 is 0 Å². The van der Waals surface area contributed by atoms with Crippen molar-refractivity contribution in [1.29, 1.82) is 0 Å². The summed E-state index contributed by atoms with van der Waals surface area (Å²) in [5.41, 5.74) is 2.72. The highest BCUT2D eigenvalue weighted by Gasteiger charge is 2.35. The Balaban J connectivity index is 1.32. The average Bonchev–Trinajstić information content (AvgIpc) is 3.37. The number of furan rings is 1. The van der Waals surface area contributed by atoms with Crippen molar-refractivity contribution in [3.63, 3.8) is 0 Å². The molecule has 1 aromatic carbocycles. The summed E-state index contributed by atoms with van der Waals surface area (Å²) in [5, 5.41) is 5.62. The van der Waals surface area contributed by atoms with Gasteiger partial charge in [0.25, 0.3) is 5.91 Å². The van der Waals surface area contributed by atoms with E-state index < -0.39 is 6.04 Å². The standard InChI is InChI=1S/C25H31N5O5/c1-17-5-6-19(18(2)14-17)27-22(31)15-20-24(33)26-7-8-30(20)23(32)16-28-9-11-29(12-10-28)25(34)21-4-3-13-35-21/h3-6,13-14,20H,7-12,15-16H2,1-2H3,(H,26,33)(H,27,31)/t20-/m0/s1. The van der Waals surface area contributed by atoms with Crippen molar-refractivity contribution < 1.29 is 23.6 Å². The Morgan fingerprint density at radius 3 is 2.54 bits per heavy atom. The Morgan fingerprint density at radius 1 is 1.09 bits per heavy atom. The van der Waals surface area contributed by atoms with Gasteiger partial charge in [0, 0.05) is 45.0 Å². The van der Waals surface area contributed by atoms with E-state index in [1.807, 2.05) is 36.9 Å². The first-order chi connectivity index (χ1) is 16.8. The zero-order valence-electron chi connectivity index (χ0n) is 20.1. The predicted molar refractivity (Wildman–Crippen MR) is 129 cm³/mol. The monoisotopic (exact) mass is 481 g/mol. The number of carbonyl (C=O) groups excluding carboxylic acids is 4. The molecule has 0 aliphatic carbocycles. The maximum absolute atomic E-state index is 13.1. The minimum absolute atomic E-state index is 0.115. The van der Waals surface area contributed by atoms with Crippen LogP contribution in [0.2, 0.25) is 0 Å². The molecular weight excluding hydrogens is 450 g/mol. The van der Waals surface area contributed by atoms with Crippen molar-refractivity contribution in [3.05, 3.63) is 53.5 Å². The van der Waals surface area contributed by atoms with Gasteiger partial charge in [-0.15, -0.1) is 0 Å². The average molecular weight is 482 g/mol. The van der Waals surface area contributed by atoms with Gasteiger partial charge in [0.2, 0.25) is 17.7 Å². The second-order valence-corrected chi connectivity index (χ2v) is 9.01. The third-order valence-electron chi connectivity index (χ3n) is 6.44. The predicted octanol–water partition coefficient (Wildman–Crippen LogP) is 1.01. The number of benzene rings is 1. The minimum Gasteiger partial charge on any atom is -0.459 e. The first-order valence-electron chi connectivity index (χ1n) is 11.8. The second kappa shape index (κ2) is 10.7. The van der Waals surface area contributed by atoms with Crippen LogP contribution in [0.25, 0.3) is 0 Å². The van der Waals surface area contributed by atoms with Crippen LogP contribution < -0.4 is 10.6 Å². The molecule has 10 nitrogen and oxygen atoms in total. The molecule has 10 heteroatoms. The molecule has 35 heavy (non-hydrogen) atoms. The van der Waals surface area contributed by atoms with Crippen molar-refractivity contribution in [2.75, 3.05) is 51.1 Å². The maximum atomic E-state index is 13.1. The second-order valence-electron chi connectivity index (χ2n) is 9.01. The van der Waals surface area contributed by atoms with Crippen molar-refractivity contribution in [3.8, 4) is 0 Å². The fraction of sp³-hybridized carbons (Fsp3) is 0.440. The summed E-state index contributed by atoms with van der Waals surface area (Å²) in [6.45, 7) is 6.76. The van der Waals surface area contributed by atoms with E-state index in [9.17, 15) is 19.2 Å². The zero-order chi connectivity index (χ0) is 24.9. The number of rotatable bonds is 6. The number of aryl methyl sites for hydroxylation is 2. The van der Waals surface area contributed by atoms with E-state index in [1.54, 1.807) is 17.0 Å². The van der Waals surface area contributed by atoms with Gasteiger partial charge in [-0.2, -0.15) is 0 Å². The van der Waals surface area contributed by atoms with E-state index in [0.29, 0.717) is 50.7 Å². The van der Waals surface area contributed by atoms with Crippen LogP contribution in [0.15, 0.2) is 41.0 Å². The molecule has 0 saturated carbocycles.